The quantitative estimate of drug-likeness (QED) is 0.0890. The fourth-order valence-electron chi connectivity index (χ4n) is 8.01. The van der Waals surface area contributed by atoms with Crippen molar-refractivity contribution in [3.05, 3.63) is 252 Å². The second-order valence-corrected chi connectivity index (χ2v) is 14.8. The largest absolute Gasteiger partial charge is 0.386 e. The number of benzene rings is 6. The van der Waals surface area contributed by atoms with Crippen molar-refractivity contribution in [3.8, 4) is 0 Å². The van der Waals surface area contributed by atoms with Gasteiger partial charge in [0.1, 0.15) is 29.5 Å². The van der Waals surface area contributed by atoms with Crippen molar-refractivity contribution in [2.24, 2.45) is 0 Å². The molecule has 8 nitrogen and oxygen atoms in total. The molecule has 0 saturated carbocycles. The van der Waals surface area contributed by atoms with Crippen LogP contribution in [0, 0.1) is 0 Å². The van der Waals surface area contributed by atoms with Gasteiger partial charge in [-0.15, -0.1) is 0 Å². The predicted octanol–water partition coefficient (Wildman–Crippen LogP) is 8.59. The van der Waals surface area contributed by atoms with E-state index < -0.39 is 47.0 Å². The lowest BCUT2D eigenvalue weighted by Gasteiger charge is -2.41. The molecule has 58 heavy (non-hydrogen) atoms. The highest BCUT2D eigenvalue weighted by Crippen LogP contribution is 2.46. The molecule has 1 saturated heterocycles. The Balaban J connectivity index is 1.31. The molecule has 1 aromatic heterocycles. The van der Waals surface area contributed by atoms with Gasteiger partial charge in [0.25, 0.3) is 5.56 Å². The third kappa shape index (κ3) is 7.43. The average molecular weight is 881 g/mol. The van der Waals surface area contributed by atoms with Crippen LogP contribution in [0.4, 0.5) is 0 Å². The number of aromatic amines is 1. The van der Waals surface area contributed by atoms with Crippen molar-refractivity contribution in [1.29, 1.82) is 0 Å². The molecule has 0 spiro atoms. The number of ether oxygens (including phenoxy) is 3. The Hall–Kier alpha value is -5.69. The first-order valence-electron chi connectivity index (χ1n) is 19.1. The van der Waals surface area contributed by atoms with Gasteiger partial charge in [-0.2, -0.15) is 0 Å². The summed E-state index contributed by atoms with van der Waals surface area (Å²) in [4.78, 5) is 28.8. The molecule has 7 aromatic rings. The maximum absolute atomic E-state index is 13.6. The zero-order valence-electron chi connectivity index (χ0n) is 31.4. The van der Waals surface area contributed by atoms with Gasteiger partial charge >= 0.3 is 5.69 Å². The molecule has 1 aliphatic rings. The maximum Gasteiger partial charge on any atom is 0.330 e. The fourth-order valence-corrected chi connectivity index (χ4v) is 8.40. The number of aromatic nitrogens is 2. The molecule has 0 unspecified atom stereocenters. The van der Waals surface area contributed by atoms with Gasteiger partial charge in [0.2, 0.25) is 0 Å². The SMILES string of the molecule is O=c1[nH]c(=O)n([C@@H]2O[C@H](COC(c3ccccc3)(c3ccccc3)c3ccccc3)[C@@H](OC(c3ccccc3)(c3ccccc3)c3ccccc3)[C@H]2O)cc1C=CI. The van der Waals surface area contributed by atoms with Crippen LogP contribution in [0.1, 0.15) is 45.2 Å². The number of H-pyrrole nitrogens is 1. The Bertz CT molecular complexity index is 2360. The first kappa shape index (κ1) is 39.2. The average Bonchev–Trinajstić information content (AvgIpc) is 3.59. The van der Waals surface area contributed by atoms with Crippen LogP contribution in [0.5, 0.6) is 0 Å². The standard InChI is InChI=1S/C49H41IN2O6/c50-32-31-35-33-52(47(55)51-45(35)54)46-43(53)44(58-49(39-25-13-4-14-26-39,40-27-15-5-16-28-40)41-29-17-6-18-30-41)42(57-46)34-56-48(36-19-7-1-8-20-36,37-21-9-2-10-22-37)38-23-11-3-12-24-38/h1-33,42-44,46,53H,34H2,(H,51,54,55)/t42-,43-,44-,46-/m1/s1. The van der Waals surface area contributed by atoms with E-state index in [1.165, 1.54) is 10.8 Å². The Kier molecular flexibility index (Phi) is 11.8. The molecule has 6 aromatic carbocycles. The topological polar surface area (TPSA) is 103 Å². The molecule has 290 valence electrons. The van der Waals surface area contributed by atoms with Crippen LogP contribution in [-0.4, -0.2) is 39.6 Å². The predicted molar refractivity (Wildman–Crippen MR) is 234 cm³/mol. The van der Waals surface area contributed by atoms with Crippen LogP contribution in [0.3, 0.4) is 0 Å². The van der Waals surface area contributed by atoms with Crippen molar-refractivity contribution >= 4 is 28.7 Å². The zero-order chi connectivity index (χ0) is 40.0. The molecule has 8 rings (SSSR count). The third-order valence-corrected chi connectivity index (χ3v) is 11.0. The molecule has 0 amide bonds. The number of nitrogens with zero attached hydrogens (tertiary/aromatic N) is 1. The van der Waals surface area contributed by atoms with Gasteiger partial charge in [0.15, 0.2) is 6.23 Å². The van der Waals surface area contributed by atoms with Gasteiger partial charge < -0.3 is 19.3 Å². The summed E-state index contributed by atoms with van der Waals surface area (Å²) in [6.07, 6.45) is -1.72. The van der Waals surface area contributed by atoms with E-state index in [9.17, 15) is 14.7 Å². The number of aliphatic hydroxyl groups excluding tert-OH is 1. The number of hydrogen-bond donors (Lipinski definition) is 2. The molecule has 1 fully saturated rings. The molecule has 0 aliphatic carbocycles. The van der Waals surface area contributed by atoms with E-state index in [1.54, 1.807) is 10.2 Å². The number of halogens is 1. The molecule has 2 N–H and O–H groups in total. The highest BCUT2D eigenvalue weighted by Gasteiger charge is 2.52. The minimum atomic E-state index is -1.41. The highest BCUT2D eigenvalue weighted by atomic mass is 127. The molecular formula is C49H41IN2O6. The van der Waals surface area contributed by atoms with E-state index in [1.807, 2.05) is 205 Å². The van der Waals surface area contributed by atoms with Gasteiger partial charge in [-0.1, -0.05) is 205 Å². The van der Waals surface area contributed by atoms with Crippen molar-refractivity contribution < 1.29 is 19.3 Å². The van der Waals surface area contributed by atoms with Gasteiger partial charge in [0.05, 0.1) is 12.2 Å². The summed E-state index contributed by atoms with van der Waals surface area (Å²) >= 11 is 2.01. The van der Waals surface area contributed by atoms with E-state index in [2.05, 4.69) is 4.98 Å². The van der Waals surface area contributed by atoms with E-state index >= 15 is 0 Å². The molecule has 0 radical (unpaired) electrons. The number of hydrogen-bond acceptors (Lipinski definition) is 6. The van der Waals surface area contributed by atoms with E-state index in [-0.39, 0.29) is 12.2 Å². The lowest BCUT2D eigenvalue weighted by atomic mass is 9.79. The van der Waals surface area contributed by atoms with E-state index in [0.717, 1.165) is 33.4 Å². The van der Waals surface area contributed by atoms with Crippen LogP contribution in [0.15, 0.2) is 202 Å². The summed E-state index contributed by atoms with van der Waals surface area (Å²) < 4.78 is 24.5. The molecular weight excluding hydrogens is 839 g/mol. The van der Waals surface area contributed by atoms with Crippen molar-refractivity contribution in [2.75, 3.05) is 6.61 Å². The Morgan fingerprint density at radius 2 is 1.00 bits per heavy atom. The van der Waals surface area contributed by atoms with E-state index in [0.29, 0.717) is 0 Å². The normalized spacial score (nSPS) is 18.4. The summed E-state index contributed by atoms with van der Waals surface area (Å²) in [6, 6.07) is 59.6. The van der Waals surface area contributed by atoms with Crippen LogP contribution in [0.25, 0.3) is 6.08 Å². The summed E-state index contributed by atoms with van der Waals surface area (Å²) in [6.45, 7) is -0.0794. The fraction of sp³-hybridized carbons (Fsp3) is 0.143. The highest BCUT2D eigenvalue weighted by molar-refractivity contribution is 14.1. The Labute approximate surface area is 350 Å². The summed E-state index contributed by atoms with van der Waals surface area (Å²) in [7, 11) is 0. The van der Waals surface area contributed by atoms with Crippen LogP contribution < -0.4 is 11.2 Å². The number of rotatable bonds is 13. The smallest absolute Gasteiger partial charge is 0.330 e. The first-order chi connectivity index (χ1) is 28.5. The van der Waals surface area contributed by atoms with Gasteiger partial charge in [-0.25, -0.2) is 4.79 Å². The number of nitrogens with one attached hydrogen (secondary N) is 1. The molecule has 0 bridgehead atoms. The van der Waals surface area contributed by atoms with Crippen molar-refractivity contribution in [2.45, 2.75) is 35.7 Å². The minimum absolute atomic E-state index is 0.0794. The van der Waals surface area contributed by atoms with Gasteiger partial charge in [0, 0.05) is 6.20 Å². The molecule has 9 heteroatoms. The monoisotopic (exact) mass is 880 g/mol. The summed E-state index contributed by atoms with van der Waals surface area (Å²) in [5.41, 5.74) is 1.71. The van der Waals surface area contributed by atoms with Crippen LogP contribution >= 0.6 is 22.6 Å². The van der Waals surface area contributed by atoms with E-state index in [4.69, 9.17) is 14.2 Å². The molecule has 1 aliphatic heterocycles. The second kappa shape index (κ2) is 17.4. The Morgan fingerprint density at radius 3 is 1.38 bits per heavy atom. The second-order valence-electron chi connectivity index (χ2n) is 14.1. The Morgan fingerprint density at radius 1 is 0.621 bits per heavy atom. The third-order valence-electron chi connectivity index (χ3n) is 10.7. The zero-order valence-corrected chi connectivity index (χ0v) is 33.5. The minimum Gasteiger partial charge on any atom is -0.386 e. The molecule has 2 heterocycles. The van der Waals surface area contributed by atoms with Gasteiger partial charge in [-0.05, 0) is 43.5 Å². The first-order valence-corrected chi connectivity index (χ1v) is 20.3. The maximum atomic E-state index is 13.6. The van der Waals surface area contributed by atoms with Gasteiger partial charge in [-0.3, -0.25) is 14.3 Å². The van der Waals surface area contributed by atoms with Crippen molar-refractivity contribution in [3.63, 3.8) is 0 Å². The number of aliphatic hydroxyl groups is 1. The molecule has 4 atom stereocenters. The van der Waals surface area contributed by atoms with Crippen LogP contribution in [0.2, 0.25) is 0 Å². The summed E-state index contributed by atoms with van der Waals surface area (Å²) in [5.74, 6) is 0. The lowest BCUT2D eigenvalue weighted by molar-refractivity contribution is -0.131. The van der Waals surface area contributed by atoms with Crippen molar-refractivity contribution in [1.82, 2.24) is 9.55 Å². The lowest BCUT2D eigenvalue weighted by Crippen LogP contribution is -2.47. The van der Waals surface area contributed by atoms with Crippen LogP contribution in [-0.2, 0) is 25.4 Å². The summed E-state index contributed by atoms with van der Waals surface area (Å²) in [5, 5.41) is 12.6.